The van der Waals surface area contributed by atoms with Crippen molar-refractivity contribution in [2.75, 3.05) is 6.54 Å². The highest BCUT2D eigenvalue weighted by molar-refractivity contribution is 5.87. The Hall–Kier alpha value is -3.93. The minimum Gasteiger partial charge on any atom is -0.480 e. The van der Waals surface area contributed by atoms with Crippen LogP contribution < -0.4 is 0 Å². The number of carboxylic acid groups (broad SMARTS) is 1. The van der Waals surface area contributed by atoms with Gasteiger partial charge in [-0.05, 0) is 67.0 Å². The fourth-order valence-electron chi connectivity index (χ4n) is 5.63. The average molecular weight is 499 g/mol. The van der Waals surface area contributed by atoms with Crippen LogP contribution in [0.1, 0.15) is 35.2 Å². The summed E-state index contributed by atoms with van der Waals surface area (Å²) >= 11 is 0. The molecule has 1 amide bonds. The van der Waals surface area contributed by atoms with Crippen LogP contribution in [0.3, 0.4) is 0 Å². The number of fused-ring (bicyclic) bond motifs is 3. The zero-order valence-electron chi connectivity index (χ0n) is 20.8. The van der Waals surface area contributed by atoms with Gasteiger partial charge in [-0.15, -0.1) is 0 Å². The Balaban J connectivity index is 1.42. The van der Waals surface area contributed by atoms with Gasteiger partial charge in [0.15, 0.2) is 0 Å². The van der Waals surface area contributed by atoms with Gasteiger partial charge in [-0.1, -0.05) is 60.7 Å². The van der Waals surface area contributed by atoms with Crippen molar-refractivity contribution in [3.8, 4) is 0 Å². The molecular formula is C31H31FN2O3. The number of aryl methyl sites for hydroxylation is 1. The van der Waals surface area contributed by atoms with Gasteiger partial charge in [0.2, 0.25) is 5.91 Å². The molecule has 4 aromatic rings. The molecule has 190 valence electrons. The van der Waals surface area contributed by atoms with Crippen LogP contribution in [-0.2, 0) is 41.8 Å². The van der Waals surface area contributed by atoms with E-state index in [-0.39, 0.29) is 24.3 Å². The predicted molar refractivity (Wildman–Crippen MR) is 142 cm³/mol. The predicted octanol–water partition coefficient (Wildman–Crippen LogP) is 5.43. The van der Waals surface area contributed by atoms with Crippen molar-refractivity contribution >= 4 is 22.8 Å². The Morgan fingerprint density at radius 1 is 0.946 bits per heavy atom. The molecule has 0 fully saturated rings. The molecule has 0 saturated carbocycles. The standard InChI is InChI=1S/C31H31FN2O3/c32-24-12-14-28-26(19-24)27-20-25(13-15-29(27)34(28)21-31(36)37)33(18-17-23-9-5-2-6-10-23)30(35)16-11-22-7-3-1-4-8-22/h1-10,12,14,19,25H,11,13,15-18,20-21H2,(H,36,37). The van der Waals surface area contributed by atoms with Crippen LogP contribution in [0.2, 0.25) is 0 Å². The number of rotatable bonds is 9. The van der Waals surface area contributed by atoms with Crippen LogP contribution in [0.25, 0.3) is 10.9 Å². The molecule has 6 heteroatoms. The van der Waals surface area contributed by atoms with Gasteiger partial charge in [0.25, 0.3) is 0 Å². The summed E-state index contributed by atoms with van der Waals surface area (Å²) in [5.74, 6) is -1.15. The highest BCUT2D eigenvalue weighted by Crippen LogP contribution is 2.34. The molecule has 0 radical (unpaired) electrons. The largest absolute Gasteiger partial charge is 0.480 e. The highest BCUT2D eigenvalue weighted by Gasteiger charge is 2.31. The number of hydrogen-bond acceptors (Lipinski definition) is 2. The second kappa shape index (κ2) is 11.0. The van der Waals surface area contributed by atoms with Gasteiger partial charge in [0.1, 0.15) is 12.4 Å². The van der Waals surface area contributed by atoms with E-state index in [1.54, 1.807) is 10.6 Å². The fourth-order valence-corrected chi connectivity index (χ4v) is 5.63. The van der Waals surface area contributed by atoms with E-state index >= 15 is 0 Å². The number of hydrogen-bond donors (Lipinski definition) is 1. The van der Waals surface area contributed by atoms with E-state index in [2.05, 4.69) is 12.1 Å². The molecule has 1 aliphatic carbocycles. The number of carboxylic acids is 1. The smallest absolute Gasteiger partial charge is 0.323 e. The molecule has 0 aliphatic heterocycles. The molecule has 0 spiro atoms. The molecule has 0 saturated heterocycles. The maximum absolute atomic E-state index is 14.2. The summed E-state index contributed by atoms with van der Waals surface area (Å²) in [6, 6.07) is 24.7. The fraction of sp³-hybridized carbons (Fsp3) is 0.290. The Kier molecular flexibility index (Phi) is 7.35. The Morgan fingerprint density at radius 3 is 2.30 bits per heavy atom. The van der Waals surface area contributed by atoms with Gasteiger partial charge in [0, 0.05) is 35.6 Å². The summed E-state index contributed by atoms with van der Waals surface area (Å²) in [5, 5.41) is 10.2. The molecular weight excluding hydrogens is 467 g/mol. The number of amides is 1. The van der Waals surface area contributed by atoms with Gasteiger partial charge < -0.3 is 14.6 Å². The maximum Gasteiger partial charge on any atom is 0.323 e. The number of nitrogens with zero attached hydrogens (tertiary/aromatic N) is 2. The van der Waals surface area contributed by atoms with Crippen molar-refractivity contribution in [3.05, 3.63) is 107 Å². The number of carbonyl (C=O) groups excluding carboxylic acids is 1. The third-order valence-electron chi connectivity index (χ3n) is 7.41. The molecule has 1 N–H and O–H groups in total. The van der Waals surface area contributed by atoms with E-state index in [1.807, 2.05) is 53.4 Å². The van der Waals surface area contributed by atoms with E-state index in [1.165, 1.54) is 17.7 Å². The summed E-state index contributed by atoms with van der Waals surface area (Å²) in [6.45, 7) is 0.454. The number of aromatic nitrogens is 1. The molecule has 1 aromatic heterocycles. The summed E-state index contributed by atoms with van der Waals surface area (Å²) in [6.07, 6.45) is 3.86. The van der Waals surface area contributed by atoms with Gasteiger partial charge in [-0.2, -0.15) is 0 Å². The number of halogens is 1. The maximum atomic E-state index is 14.2. The lowest BCUT2D eigenvalue weighted by molar-refractivity contribution is -0.137. The molecule has 37 heavy (non-hydrogen) atoms. The highest BCUT2D eigenvalue weighted by atomic mass is 19.1. The third kappa shape index (κ3) is 5.58. The minimum absolute atomic E-state index is 0.0216. The molecule has 1 unspecified atom stereocenters. The Morgan fingerprint density at radius 2 is 1.62 bits per heavy atom. The van der Waals surface area contributed by atoms with Crippen LogP contribution in [0, 0.1) is 5.82 Å². The third-order valence-corrected chi connectivity index (χ3v) is 7.41. The zero-order chi connectivity index (χ0) is 25.8. The summed E-state index contributed by atoms with van der Waals surface area (Å²) < 4.78 is 16.0. The van der Waals surface area contributed by atoms with Gasteiger partial charge in [-0.3, -0.25) is 9.59 Å². The van der Waals surface area contributed by atoms with Gasteiger partial charge >= 0.3 is 5.97 Å². The SMILES string of the molecule is O=C(O)Cn1c2c(c3cc(F)ccc31)CC(N(CCc1ccccc1)C(=O)CCc1ccccc1)CC2. The van der Waals surface area contributed by atoms with Crippen molar-refractivity contribution in [1.29, 1.82) is 0 Å². The van der Waals surface area contributed by atoms with E-state index in [9.17, 15) is 19.1 Å². The summed E-state index contributed by atoms with van der Waals surface area (Å²) in [4.78, 5) is 27.2. The quantitative estimate of drug-likeness (QED) is 0.335. The molecule has 1 heterocycles. The average Bonchev–Trinajstić information content (AvgIpc) is 3.20. The molecule has 1 aliphatic rings. The van der Waals surface area contributed by atoms with E-state index in [0.29, 0.717) is 32.2 Å². The lowest BCUT2D eigenvalue weighted by Gasteiger charge is -2.35. The van der Waals surface area contributed by atoms with Crippen molar-refractivity contribution in [2.45, 2.75) is 51.1 Å². The van der Waals surface area contributed by atoms with Crippen molar-refractivity contribution in [1.82, 2.24) is 9.47 Å². The first-order valence-corrected chi connectivity index (χ1v) is 12.9. The summed E-state index contributed by atoms with van der Waals surface area (Å²) in [5.41, 5.74) is 4.96. The van der Waals surface area contributed by atoms with Gasteiger partial charge in [-0.25, -0.2) is 4.39 Å². The second-order valence-electron chi connectivity index (χ2n) is 9.77. The van der Waals surface area contributed by atoms with Crippen LogP contribution in [0.4, 0.5) is 4.39 Å². The minimum atomic E-state index is -0.924. The number of aliphatic carboxylic acids is 1. The lowest BCUT2D eigenvalue weighted by atomic mass is 9.89. The molecule has 5 rings (SSSR count). The van der Waals surface area contributed by atoms with Crippen molar-refractivity contribution < 1.29 is 19.1 Å². The first-order valence-electron chi connectivity index (χ1n) is 12.9. The van der Waals surface area contributed by atoms with Crippen LogP contribution in [0.5, 0.6) is 0 Å². The molecule has 0 bridgehead atoms. The lowest BCUT2D eigenvalue weighted by Crippen LogP contribution is -2.44. The normalized spacial score (nSPS) is 14.9. The van der Waals surface area contributed by atoms with Gasteiger partial charge in [0.05, 0.1) is 0 Å². The van der Waals surface area contributed by atoms with E-state index in [4.69, 9.17) is 0 Å². The van der Waals surface area contributed by atoms with Crippen LogP contribution in [-0.4, -0.2) is 39.0 Å². The number of benzene rings is 3. The topological polar surface area (TPSA) is 62.5 Å². The second-order valence-corrected chi connectivity index (χ2v) is 9.77. The van der Waals surface area contributed by atoms with E-state index in [0.717, 1.165) is 40.6 Å². The first-order chi connectivity index (χ1) is 18.0. The molecule has 1 atom stereocenters. The monoisotopic (exact) mass is 498 g/mol. The van der Waals surface area contributed by atoms with Crippen LogP contribution >= 0.6 is 0 Å². The summed E-state index contributed by atoms with van der Waals surface area (Å²) in [7, 11) is 0. The molecule has 3 aromatic carbocycles. The Labute approximate surface area is 216 Å². The van der Waals surface area contributed by atoms with Crippen LogP contribution in [0.15, 0.2) is 78.9 Å². The van der Waals surface area contributed by atoms with Crippen molar-refractivity contribution in [2.24, 2.45) is 0 Å². The zero-order valence-corrected chi connectivity index (χ0v) is 20.8. The number of carbonyl (C=O) groups is 2. The first kappa shape index (κ1) is 24.8. The Bertz CT molecular complexity index is 1400. The van der Waals surface area contributed by atoms with E-state index < -0.39 is 5.97 Å². The molecule has 5 nitrogen and oxygen atoms in total. The van der Waals surface area contributed by atoms with Crippen molar-refractivity contribution in [3.63, 3.8) is 0 Å².